The Morgan fingerprint density at radius 3 is 2.86 bits per heavy atom. The van der Waals surface area contributed by atoms with Crippen molar-refractivity contribution in [3.63, 3.8) is 0 Å². The summed E-state index contributed by atoms with van der Waals surface area (Å²) in [5.74, 6) is 0. The number of aromatic amines is 1. The molecule has 2 saturated heterocycles. The van der Waals surface area contributed by atoms with Crippen LogP contribution in [0.15, 0.2) is 30.3 Å². The van der Waals surface area contributed by atoms with E-state index in [4.69, 9.17) is 4.74 Å². The van der Waals surface area contributed by atoms with Crippen LogP contribution >= 0.6 is 0 Å². The molecule has 4 nitrogen and oxygen atoms in total. The van der Waals surface area contributed by atoms with E-state index in [1.807, 2.05) is 0 Å². The number of H-pyrrole nitrogens is 1. The first kappa shape index (κ1) is 14.2. The lowest BCUT2D eigenvalue weighted by atomic mass is 9.84. The zero-order chi connectivity index (χ0) is 15.0. The molecule has 0 radical (unpaired) electrons. The minimum atomic E-state index is -0.0401. The second kappa shape index (κ2) is 5.69. The topological polar surface area (TPSA) is 48.5 Å². The summed E-state index contributed by atoms with van der Waals surface area (Å²) < 4.78 is 5.37. The Balaban J connectivity index is 1.59. The lowest BCUT2D eigenvalue weighted by Crippen LogP contribution is -2.54. The van der Waals surface area contributed by atoms with Crippen LogP contribution < -0.4 is 0 Å². The van der Waals surface area contributed by atoms with Crippen LogP contribution in [-0.2, 0) is 4.74 Å². The molecule has 0 bridgehead atoms. The molecule has 22 heavy (non-hydrogen) atoms. The van der Waals surface area contributed by atoms with Crippen LogP contribution in [0.4, 0.5) is 0 Å². The van der Waals surface area contributed by atoms with Gasteiger partial charge in [0.15, 0.2) is 0 Å². The Morgan fingerprint density at radius 1 is 1.27 bits per heavy atom. The van der Waals surface area contributed by atoms with E-state index in [1.165, 1.54) is 35.9 Å². The number of nitrogens with one attached hydrogen (secondary N) is 1. The Bertz CT molecular complexity index is 609. The average molecular weight is 300 g/mol. The number of nitrogens with zero attached hydrogens (tertiary/aromatic N) is 1. The second-order valence-corrected chi connectivity index (χ2v) is 6.94. The number of aliphatic hydroxyl groups excluding tert-OH is 1. The molecule has 4 heteroatoms. The number of aliphatic hydroxyl groups is 1. The predicted octanol–water partition coefficient (Wildman–Crippen LogP) is 2.70. The van der Waals surface area contributed by atoms with E-state index in [1.54, 1.807) is 0 Å². The van der Waals surface area contributed by atoms with Gasteiger partial charge in [-0.25, -0.2) is 0 Å². The third kappa shape index (κ3) is 2.45. The number of aromatic nitrogens is 1. The minimum Gasteiger partial charge on any atom is -0.396 e. The molecule has 118 valence electrons. The van der Waals surface area contributed by atoms with Gasteiger partial charge in [-0.2, -0.15) is 0 Å². The fraction of sp³-hybridized carbons (Fsp3) is 0.556. The first-order valence-corrected chi connectivity index (χ1v) is 8.30. The van der Waals surface area contributed by atoms with Crippen molar-refractivity contribution in [2.45, 2.75) is 25.3 Å². The van der Waals surface area contributed by atoms with E-state index in [0.717, 1.165) is 13.1 Å². The summed E-state index contributed by atoms with van der Waals surface area (Å²) in [5.41, 5.74) is 2.49. The minimum absolute atomic E-state index is 0.0401. The molecular weight excluding hydrogens is 276 g/mol. The monoisotopic (exact) mass is 300 g/mol. The van der Waals surface area contributed by atoms with Crippen molar-refractivity contribution in [2.75, 3.05) is 32.9 Å². The Labute approximate surface area is 131 Å². The molecule has 2 fully saturated rings. The molecular formula is C18H24N2O2. The van der Waals surface area contributed by atoms with Crippen LogP contribution in [-0.4, -0.2) is 47.9 Å². The van der Waals surface area contributed by atoms with Crippen molar-refractivity contribution in [2.24, 2.45) is 5.41 Å². The summed E-state index contributed by atoms with van der Waals surface area (Å²) in [6.07, 6.45) is 3.72. The van der Waals surface area contributed by atoms with Crippen LogP contribution in [0.2, 0.25) is 0 Å². The summed E-state index contributed by atoms with van der Waals surface area (Å²) in [6.45, 7) is 3.66. The van der Waals surface area contributed by atoms with Crippen molar-refractivity contribution in [3.05, 3.63) is 36.0 Å². The number of hydrogen-bond acceptors (Lipinski definition) is 3. The van der Waals surface area contributed by atoms with E-state index < -0.39 is 0 Å². The lowest BCUT2D eigenvalue weighted by molar-refractivity contribution is -0.153. The number of hydrogen-bond donors (Lipinski definition) is 2. The van der Waals surface area contributed by atoms with Crippen molar-refractivity contribution in [1.82, 2.24) is 9.88 Å². The molecule has 0 spiro atoms. The molecule has 1 aromatic heterocycles. The fourth-order valence-electron chi connectivity index (χ4n) is 3.86. The van der Waals surface area contributed by atoms with Gasteiger partial charge in [-0.15, -0.1) is 0 Å². The summed E-state index contributed by atoms with van der Waals surface area (Å²) in [6, 6.07) is 11.2. The number of piperidine rings is 1. The van der Waals surface area contributed by atoms with Gasteiger partial charge >= 0.3 is 0 Å². The van der Waals surface area contributed by atoms with Gasteiger partial charge in [0.25, 0.3) is 0 Å². The molecule has 0 aliphatic carbocycles. The third-order valence-electron chi connectivity index (χ3n) is 5.21. The lowest BCUT2D eigenvalue weighted by Gasteiger charge is -2.46. The smallest absolute Gasteiger partial charge is 0.0579 e. The molecule has 2 aliphatic heterocycles. The molecule has 0 saturated carbocycles. The highest BCUT2D eigenvalue weighted by atomic mass is 16.5. The maximum absolute atomic E-state index is 9.72. The molecule has 0 amide bonds. The van der Waals surface area contributed by atoms with Crippen LogP contribution in [0.5, 0.6) is 0 Å². The number of benzene rings is 1. The molecule has 2 N–H and O–H groups in total. The van der Waals surface area contributed by atoms with Gasteiger partial charge in [-0.1, -0.05) is 24.6 Å². The zero-order valence-corrected chi connectivity index (χ0v) is 12.9. The molecule has 2 aliphatic rings. The van der Waals surface area contributed by atoms with E-state index in [-0.39, 0.29) is 12.0 Å². The first-order chi connectivity index (χ1) is 10.8. The van der Waals surface area contributed by atoms with Crippen LogP contribution in [0.1, 0.15) is 31.0 Å². The maximum atomic E-state index is 9.72. The van der Waals surface area contributed by atoms with Gasteiger partial charge in [-0.05, 0) is 36.9 Å². The number of para-hydroxylation sites is 1. The van der Waals surface area contributed by atoms with Crippen molar-refractivity contribution < 1.29 is 9.84 Å². The quantitative estimate of drug-likeness (QED) is 0.913. The molecule has 2 aromatic rings. The van der Waals surface area contributed by atoms with E-state index in [2.05, 4.69) is 40.2 Å². The molecule has 1 aromatic carbocycles. The Hall–Kier alpha value is -1.36. The fourth-order valence-corrected chi connectivity index (χ4v) is 3.86. The third-order valence-corrected chi connectivity index (χ3v) is 5.21. The second-order valence-electron chi connectivity index (χ2n) is 6.94. The van der Waals surface area contributed by atoms with Crippen molar-refractivity contribution in [3.8, 4) is 0 Å². The first-order valence-electron chi connectivity index (χ1n) is 8.30. The highest BCUT2D eigenvalue weighted by molar-refractivity contribution is 5.80. The zero-order valence-electron chi connectivity index (χ0n) is 12.9. The summed E-state index contributed by atoms with van der Waals surface area (Å²) >= 11 is 0. The maximum Gasteiger partial charge on any atom is 0.0579 e. The summed E-state index contributed by atoms with van der Waals surface area (Å²) in [5, 5.41) is 11.0. The number of ether oxygens (including phenoxy) is 1. The number of likely N-dealkylation sites (tertiary alicyclic amines) is 1. The van der Waals surface area contributed by atoms with Gasteiger partial charge in [-0.3, -0.25) is 4.90 Å². The SMILES string of the molecule is OCC1(CN2CCCCC2c2cc3ccccc3[nH]2)COC1. The van der Waals surface area contributed by atoms with E-state index in [9.17, 15) is 5.11 Å². The average Bonchev–Trinajstić information content (AvgIpc) is 2.95. The van der Waals surface area contributed by atoms with E-state index >= 15 is 0 Å². The van der Waals surface area contributed by atoms with Crippen molar-refractivity contribution in [1.29, 1.82) is 0 Å². The van der Waals surface area contributed by atoms with Gasteiger partial charge < -0.3 is 14.8 Å². The van der Waals surface area contributed by atoms with Crippen molar-refractivity contribution >= 4 is 10.9 Å². The van der Waals surface area contributed by atoms with E-state index in [0.29, 0.717) is 19.3 Å². The predicted molar refractivity (Wildman–Crippen MR) is 86.8 cm³/mol. The summed E-state index contributed by atoms with van der Waals surface area (Å²) in [7, 11) is 0. The molecule has 3 heterocycles. The largest absolute Gasteiger partial charge is 0.396 e. The Kier molecular flexibility index (Phi) is 3.68. The van der Waals surface area contributed by atoms with Crippen LogP contribution in [0, 0.1) is 5.41 Å². The molecule has 1 unspecified atom stereocenters. The highest BCUT2D eigenvalue weighted by Gasteiger charge is 2.41. The normalized spacial score (nSPS) is 25.2. The van der Waals surface area contributed by atoms with Gasteiger partial charge in [0.05, 0.1) is 25.2 Å². The van der Waals surface area contributed by atoms with Crippen LogP contribution in [0.3, 0.4) is 0 Å². The van der Waals surface area contributed by atoms with Gasteiger partial charge in [0, 0.05) is 23.8 Å². The van der Waals surface area contributed by atoms with Gasteiger partial charge in [0.1, 0.15) is 0 Å². The van der Waals surface area contributed by atoms with Gasteiger partial charge in [0.2, 0.25) is 0 Å². The summed E-state index contributed by atoms with van der Waals surface area (Å²) in [4.78, 5) is 6.15. The molecule has 4 rings (SSSR count). The standard InChI is InChI=1S/C18H24N2O2/c21-11-18(12-22-13-18)10-20-8-4-3-7-17(20)16-9-14-5-1-2-6-15(14)19-16/h1-2,5-6,9,17,19,21H,3-4,7-8,10-13H2. The highest BCUT2D eigenvalue weighted by Crippen LogP contribution is 2.36. The number of rotatable bonds is 4. The van der Waals surface area contributed by atoms with Crippen LogP contribution in [0.25, 0.3) is 10.9 Å². The number of fused-ring (bicyclic) bond motifs is 1. The molecule has 1 atom stereocenters. The Morgan fingerprint density at radius 2 is 2.14 bits per heavy atom.